The minimum absolute atomic E-state index is 0.0454. The Morgan fingerprint density at radius 1 is 0.864 bits per heavy atom. The first-order valence-electron chi connectivity index (χ1n) is 7.15. The molecule has 0 aliphatic carbocycles. The first-order chi connectivity index (χ1) is 10.2. The SMILES string of the molecule is CO[C@H]([C@@H](C)[C@H](COC(C)=O)OC(C)=O)[C@@H](C)COC(C)=O. The molecule has 0 heterocycles. The van der Waals surface area contributed by atoms with Gasteiger partial charge in [0.1, 0.15) is 12.7 Å². The second kappa shape index (κ2) is 10.2. The van der Waals surface area contributed by atoms with Crippen LogP contribution in [0.4, 0.5) is 0 Å². The van der Waals surface area contributed by atoms with E-state index in [0.29, 0.717) is 0 Å². The van der Waals surface area contributed by atoms with Gasteiger partial charge in [0.2, 0.25) is 0 Å². The molecule has 0 saturated heterocycles. The van der Waals surface area contributed by atoms with E-state index >= 15 is 0 Å². The molecule has 7 nitrogen and oxygen atoms in total. The molecule has 0 saturated carbocycles. The van der Waals surface area contributed by atoms with Crippen molar-refractivity contribution in [1.29, 1.82) is 0 Å². The van der Waals surface area contributed by atoms with Gasteiger partial charge in [-0.2, -0.15) is 0 Å². The van der Waals surface area contributed by atoms with E-state index in [4.69, 9.17) is 18.9 Å². The second-order valence-electron chi connectivity index (χ2n) is 5.29. The van der Waals surface area contributed by atoms with Gasteiger partial charge in [-0.05, 0) is 0 Å². The Balaban J connectivity index is 4.86. The van der Waals surface area contributed by atoms with E-state index < -0.39 is 18.0 Å². The van der Waals surface area contributed by atoms with Crippen molar-refractivity contribution in [3.05, 3.63) is 0 Å². The Kier molecular flexibility index (Phi) is 9.40. The second-order valence-corrected chi connectivity index (χ2v) is 5.29. The van der Waals surface area contributed by atoms with E-state index in [-0.39, 0.29) is 37.1 Å². The summed E-state index contributed by atoms with van der Waals surface area (Å²) in [4.78, 5) is 33.1. The predicted octanol–water partition coefficient (Wildman–Crippen LogP) is 1.33. The highest BCUT2D eigenvalue weighted by Crippen LogP contribution is 2.22. The Labute approximate surface area is 131 Å². The summed E-state index contributed by atoms with van der Waals surface area (Å²) >= 11 is 0. The zero-order valence-electron chi connectivity index (χ0n) is 14.1. The molecular weight excluding hydrogens is 292 g/mol. The van der Waals surface area contributed by atoms with Gasteiger partial charge >= 0.3 is 17.9 Å². The first kappa shape index (κ1) is 20.4. The van der Waals surface area contributed by atoms with Crippen molar-refractivity contribution in [3.8, 4) is 0 Å². The third kappa shape index (κ3) is 7.97. The fourth-order valence-corrected chi connectivity index (χ4v) is 2.23. The number of rotatable bonds is 9. The molecule has 4 atom stereocenters. The minimum Gasteiger partial charge on any atom is -0.465 e. The summed E-state index contributed by atoms with van der Waals surface area (Å²) in [5.74, 6) is -1.65. The van der Waals surface area contributed by atoms with Gasteiger partial charge in [0.05, 0.1) is 12.7 Å². The van der Waals surface area contributed by atoms with Gasteiger partial charge in [0.25, 0.3) is 0 Å². The van der Waals surface area contributed by atoms with Crippen LogP contribution >= 0.6 is 0 Å². The minimum atomic E-state index is -0.633. The summed E-state index contributed by atoms with van der Waals surface area (Å²) in [5.41, 5.74) is 0. The first-order valence-corrected chi connectivity index (χ1v) is 7.15. The summed E-state index contributed by atoms with van der Waals surface area (Å²) in [5, 5.41) is 0. The topological polar surface area (TPSA) is 88.1 Å². The van der Waals surface area contributed by atoms with E-state index in [1.54, 1.807) is 0 Å². The lowest BCUT2D eigenvalue weighted by Gasteiger charge is -2.32. The zero-order valence-corrected chi connectivity index (χ0v) is 14.1. The molecule has 0 aliphatic heterocycles. The van der Waals surface area contributed by atoms with Crippen LogP contribution in [0.15, 0.2) is 0 Å². The number of ether oxygens (including phenoxy) is 4. The quantitative estimate of drug-likeness (QED) is 0.468. The van der Waals surface area contributed by atoms with Gasteiger partial charge in [-0.1, -0.05) is 13.8 Å². The summed E-state index contributed by atoms with van der Waals surface area (Å²) in [6.07, 6.45) is -0.967. The molecule has 0 aromatic carbocycles. The van der Waals surface area contributed by atoms with Gasteiger partial charge in [0, 0.05) is 39.7 Å². The van der Waals surface area contributed by atoms with Crippen molar-refractivity contribution in [2.24, 2.45) is 11.8 Å². The van der Waals surface area contributed by atoms with E-state index in [0.717, 1.165) is 0 Å². The van der Waals surface area contributed by atoms with Crippen molar-refractivity contribution >= 4 is 17.9 Å². The molecule has 0 aromatic heterocycles. The Morgan fingerprint density at radius 2 is 1.36 bits per heavy atom. The van der Waals surface area contributed by atoms with E-state index in [1.807, 2.05) is 13.8 Å². The van der Waals surface area contributed by atoms with Crippen LogP contribution in [0.2, 0.25) is 0 Å². The Morgan fingerprint density at radius 3 is 1.77 bits per heavy atom. The molecular formula is C15H26O7. The smallest absolute Gasteiger partial charge is 0.303 e. The molecule has 0 radical (unpaired) electrons. The summed E-state index contributed by atoms with van der Waals surface area (Å²) in [6.45, 7) is 7.75. The van der Waals surface area contributed by atoms with Gasteiger partial charge in [-0.25, -0.2) is 0 Å². The maximum atomic E-state index is 11.2. The number of methoxy groups -OCH3 is 1. The average molecular weight is 318 g/mol. The summed E-state index contributed by atoms with van der Waals surface area (Å²) in [6, 6.07) is 0. The molecule has 0 amide bonds. The zero-order chi connectivity index (χ0) is 17.3. The van der Waals surface area contributed by atoms with Crippen LogP contribution in [0.5, 0.6) is 0 Å². The third-order valence-electron chi connectivity index (χ3n) is 3.26. The molecule has 22 heavy (non-hydrogen) atoms. The molecule has 0 fully saturated rings. The van der Waals surface area contributed by atoms with Crippen LogP contribution in [0, 0.1) is 11.8 Å². The molecule has 0 aliphatic rings. The molecule has 128 valence electrons. The number of carbonyl (C=O) groups is 3. The molecule has 0 unspecified atom stereocenters. The summed E-state index contributed by atoms with van der Waals surface area (Å²) in [7, 11) is 1.53. The predicted molar refractivity (Wildman–Crippen MR) is 77.9 cm³/mol. The molecule has 0 N–H and O–H groups in total. The Bertz CT molecular complexity index is 380. The molecule has 0 bridgehead atoms. The fraction of sp³-hybridized carbons (Fsp3) is 0.800. The van der Waals surface area contributed by atoms with E-state index in [9.17, 15) is 14.4 Å². The van der Waals surface area contributed by atoms with Crippen molar-refractivity contribution in [3.63, 3.8) is 0 Å². The van der Waals surface area contributed by atoms with Crippen molar-refractivity contribution in [1.82, 2.24) is 0 Å². The van der Waals surface area contributed by atoms with Crippen molar-refractivity contribution < 1.29 is 33.3 Å². The highest BCUT2D eigenvalue weighted by molar-refractivity contribution is 5.67. The van der Waals surface area contributed by atoms with Crippen LogP contribution in [0.1, 0.15) is 34.6 Å². The lowest BCUT2D eigenvalue weighted by molar-refractivity contribution is -0.165. The monoisotopic (exact) mass is 318 g/mol. The van der Waals surface area contributed by atoms with Crippen LogP contribution in [0.3, 0.4) is 0 Å². The van der Waals surface area contributed by atoms with Gasteiger partial charge in [-0.15, -0.1) is 0 Å². The third-order valence-corrected chi connectivity index (χ3v) is 3.26. The lowest BCUT2D eigenvalue weighted by Crippen LogP contribution is -2.41. The highest BCUT2D eigenvalue weighted by atomic mass is 16.6. The van der Waals surface area contributed by atoms with Gasteiger partial charge in [-0.3, -0.25) is 14.4 Å². The maximum absolute atomic E-state index is 11.2. The van der Waals surface area contributed by atoms with Gasteiger partial charge < -0.3 is 18.9 Å². The molecule has 0 spiro atoms. The number of carbonyl (C=O) groups excluding carboxylic acids is 3. The lowest BCUT2D eigenvalue weighted by atomic mass is 9.89. The standard InChI is InChI=1S/C15H26O7/c1-9(7-20-11(3)16)15(19-6)10(2)14(22-13(5)18)8-21-12(4)17/h9-10,14-15H,7-8H2,1-6H3/t9-,10-,14-,15-/m0/s1. The molecule has 0 rings (SSSR count). The largest absolute Gasteiger partial charge is 0.465 e. The highest BCUT2D eigenvalue weighted by Gasteiger charge is 2.33. The fourth-order valence-electron chi connectivity index (χ4n) is 2.23. The van der Waals surface area contributed by atoms with Crippen LogP contribution in [0.25, 0.3) is 0 Å². The van der Waals surface area contributed by atoms with Crippen LogP contribution in [-0.4, -0.2) is 50.4 Å². The summed E-state index contributed by atoms with van der Waals surface area (Å²) < 4.78 is 20.6. The van der Waals surface area contributed by atoms with Crippen molar-refractivity contribution in [2.45, 2.75) is 46.8 Å². The molecule has 7 heteroatoms. The van der Waals surface area contributed by atoms with Crippen LogP contribution < -0.4 is 0 Å². The van der Waals surface area contributed by atoms with E-state index in [2.05, 4.69) is 0 Å². The number of esters is 3. The van der Waals surface area contributed by atoms with Gasteiger partial charge in [0.15, 0.2) is 0 Å². The average Bonchev–Trinajstić information content (AvgIpc) is 2.41. The maximum Gasteiger partial charge on any atom is 0.303 e. The Hall–Kier alpha value is -1.63. The van der Waals surface area contributed by atoms with Crippen LogP contribution in [-0.2, 0) is 33.3 Å². The molecule has 0 aromatic rings. The number of hydrogen-bond acceptors (Lipinski definition) is 7. The normalized spacial score (nSPS) is 16.1. The van der Waals surface area contributed by atoms with Crippen molar-refractivity contribution in [2.75, 3.05) is 20.3 Å². The van der Waals surface area contributed by atoms with E-state index in [1.165, 1.54) is 27.9 Å². The number of hydrogen-bond donors (Lipinski definition) is 0.